The first-order valence-electron chi connectivity index (χ1n) is 6.62. The third-order valence-electron chi connectivity index (χ3n) is 3.62. The largest absolute Gasteiger partial charge is 0.478 e. The van der Waals surface area contributed by atoms with Crippen molar-refractivity contribution in [1.29, 1.82) is 0 Å². The van der Waals surface area contributed by atoms with E-state index in [1.807, 2.05) is 6.92 Å². The quantitative estimate of drug-likeness (QED) is 0.899. The molecule has 2 rings (SSSR count). The number of amides is 1. The molecule has 0 saturated carbocycles. The Balaban J connectivity index is 2.30. The highest BCUT2D eigenvalue weighted by Gasteiger charge is 2.30. The number of hydrogen-bond acceptors (Lipinski definition) is 3. The van der Waals surface area contributed by atoms with Crippen molar-refractivity contribution in [2.75, 3.05) is 6.54 Å². The molecule has 1 saturated heterocycles. The number of rotatable bonds is 3. The lowest BCUT2D eigenvalue weighted by atomic mass is 9.99. The zero-order chi connectivity index (χ0) is 14.0. The van der Waals surface area contributed by atoms with Gasteiger partial charge in [-0.3, -0.25) is 9.48 Å². The van der Waals surface area contributed by atoms with Crippen LogP contribution in [0.5, 0.6) is 0 Å². The van der Waals surface area contributed by atoms with Crippen molar-refractivity contribution in [3.63, 3.8) is 0 Å². The van der Waals surface area contributed by atoms with Gasteiger partial charge >= 0.3 is 5.97 Å². The van der Waals surface area contributed by atoms with Crippen LogP contribution in [0.1, 0.15) is 53.5 Å². The molecule has 1 aromatic heterocycles. The number of likely N-dealkylation sites (tertiary alicyclic amines) is 1. The monoisotopic (exact) mass is 265 g/mol. The molecule has 2 heterocycles. The molecule has 0 radical (unpaired) electrons. The van der Waals surface area contributed by atoms with Crippen molar-refractivity contribution in [1.82, 2.24) is 14.7 Å². The van der Waals surface area contributed by atoms with Gasteiger partial charge in [0.25, 0.3) is 5.91 Å². The summed E-state index contributed by atoms with van der Waals surface area (Å²) in [7, 11) is 1.62. The highest BCUT2D eigenvalue weighted by molar-refractivity contribution is 6.03. The smallest absolute Gasteiger partial charge is 0.339 e. The van der Waals surface area contributed by atoms with Gasteiger partial charge in [0.1, 0.15) is 5.56 Å². The molecule has 19 heavy (non-hydrogen) atoms. The maximum atomic E-state index is 12.5. The van der Waals surface area contributed by atoms with Crippen LogP contribution in [0, 0.1) is 0 Å². The fourth-order valence-electron chi connectivity index (χ4n) is 2.63. The van der Waals surface area contributed by atoms with Crippen LogP contribution in [0.25, 0.3) is 0 Å². The van der Waals surface area contributed by atoms with Gasteiger partial charge in [-0.2, -0.15) is 5.10 Å². The van der Waals surface area contributed by atoms with E-state index in [9.17, 15) is 9.59 Å². The summed E-state index contributed by atoms with van der Waals surface area (Å²) >= 11 is 0. The van der Waals surface area contributed by atoms with E-state index in [-0.39, 0.29) is 23.2 Å². The van der Waals surface area contributed by atoms with Gasteiger partial charge in [-0.1, -0.05) is 6.92 Å². The van der Waals surface area contributed by atoms with Crippen LogP contribution < -0.4 is 0 Å². The van der Waals surface area contributed by atoms with E-state index in [0.29, 0.717) is 6.54 Å². The van der Waals surface area contributed by atoms with Crippen LogP contribution in [0.2, 0.25) is 0 Å². The molecule has 0 aromatic carbocycles. The Morgan fingerprint density at radius 1 is 1.47 bits per heavy atom. The fourth-order valence-corrected chi connectivity index (χ4v) is 2.63. The Kier molecular flexibility index (Phi) is 3.87. The Morgan fingerprint density at radius 2 is 2.21 bits per heavy atom. The second-order valence-electron chi connectivity index (χ2n) is 4.93. The summed E-state index contributed by atoms with van der Waals surface area (Å²) in [6, 6.07) is 0.199. The number of aromatic nitrogens is 2. The van der Waals surface area contributed by atoms with Gasteiger partial charge in [0.15, 0.2) is 5.69 Å². The van der Waals surface area contributed by atoms with E-state index in [0.717, 1.165) is 25.7 Å². The highest BCUT2D eigenvalue weighted by atomic mass is 16.4. The molecule has 1 aliphatic rings. The van der Waals surface area contributed by atoms with Gasteiger partial charge in [-0.25, -0.2) is 4.79 Å². The molecule has 1 atom stereocenters. The number of hydrogen-bond donors (Lipinski definition) is 1. The molecule has 0 aliphatic carbocycles. The lowest BCUT2D eigenvalue weighted by molar-refractivity contribution is 0.0585. The van der Waals surface area contributed by atoms with Crippen LogP contribution in [0.15, 0.2) is 6.20 Å². The molecule has 1 aliphatic heterocycles. The number of carbonyl (C=O) groups excluding carboxylic acids is 1. The maximum Gasteiger partial charge on any atom is 0.339 e. The standard InChI is InChI=1S/C13H19N3O3/c1-3-9-6-4-5-7-16(9)12(17)11-10(13(18)19)8-15(2)14-11/h8-9H,3-7H2,1-2H3,(H,18,19). The average Bonchev–Trinajstić information content (AvgIpc) is 2.80. The van der Waals surface area contributed by atoms with Crippen molar-refractivity contribution in [2.45, 2.75) is 38.6 Å². The molecule has 0 bridgehead atoms. The molecular weight excluding hydrogens is 246 g/mol. The molecule has 1 amide bonds. The minimum absolute atomic E-state index is 0.0204. The third-order valence-corrected chi connectivity index (χ3v) is 3.62. The van der Waals surface area contributed by atoms with Crippen molar-refractivity contribution in [2.24, 2.45) is 7.05 Å². The highest BCUT2D eigenvalue weighted by Crippen LogP contribution is 2.22. The summed E-state index contributed by atoms with van der Waals surface area (Å²) in [5, 5.41) is 13.1. The van der Waals surface area contributed by atoms with Gasteiger partial charge in [-0.15, -0.1) is 0 Å². The topological polar surface area (TPSA) is 75.4 Å². The summed E-state index contributed by atoms with van der Waals surface area (Å²) in [6.45, 7) is 2.74. The molecule has 6 heteroatoms. The Morgan fingerprint density at radius 3 is 2.84 bits per heavy atom. The SMILES string of the molecule is CCC1CCCCN1C(=O)c1nn(C)cc1C(=O)O. The first-order valence-corrected chi connectivity index (χ1v) is 6.62. The molecule has 104 valence electrons. The summed E-state index contributed by atoms with van der Waals surface area (Å²) in [4.78, 5) is 25.4. The minimum Gasteiger partial charge on any atom is -0.478 e. The van der Waals surface area contributed by atoms with Crippen LogP contribution in [-0.4, -0.2) is 44.3 Å². The minimum atomic E-state index is -1.11. The number of carboxylic acid groups (broad SMARTS) is 1. The predicted octanol–water partition coefficient (Wildman–Crippen LogP) is 1.52. The van der Waals surface area contributed by atoms with Crippen molar-refractivity contribution in [3.8, 4) is 0 Å². The van der Waals surface area contributed by atoms with E-state index in [1.165, 1.54) is 10.9 Å². The van der Waals surface area contributed by atoms with Crippen molar-refractivity contribution in [3.05, 3.63) is 17.5 Å². The van der Waals surface area contributed by atoms with Gasteiger partial charge in [-0.05, 0) is 25.7 Å². The molecule has 1 N–H and O–H groups in total. The molecule has 6 nitrogen and oxygen atoms in total. The van der Waals surface area contributed by atoms with Crippen molar-refractivity contribution < 1.29 is 14.7 Å². The van der Waals surface area contributed by atoms with Gasteiger partial charge in [0.2, 0.25) is 0 Å². The lowest BCUT2D eigenvalue weighted by Crippen LogP contribution is -2.44. The Bertz CT molecular complexity index is 495. The number of carbonyl (C=O) groups is 2. The molecule has 1 unspecified atom stereocenters. The summed E-state index contributed by atoms with van der Waals surface area (Å²) in [5.74, 6) is -1.37. The number of nitrogens with zero attached hydrogens (tertiary/aromatic N) is 3. The van der Waals surface area contributed by atoms with Crippen LogP contribution >= 0.6 is 0 Å². The fraction of sp³-hybridized carbons (Fsp3) is 0.615. The van der Waals surface area contributed by atoms with Gasteiger partial charge in [0.05, 0.1) is 0 Å². The Labute approximate surface area is 112 Å². The third kappa shape index (κ3) is 2.62. The van der Waals surface area contributed by atoms with Crippen LogP contribution in [0.3, 0.4) is 0 Å². The first-order chi connectivity index (χ1) is 9.04. The summed E-state index contributed by atoms with van der Waals surface area (Å²) < 4.78 is 1.38. The van der Waals surface area contributed by atoms with E-state index < -0.39 is 5.97 Å². The zero-order valence-corrected chi connectivity index (χ0v) is 11.3. The molecule has 0 spiro atoms. The predicted molar refractivity (Wildman–Crippen MR) is 69.1 cm³/mol. The molecule has 1 aromatic rings. The number of aryl methyl sites for hydroxylation is 1. The van der Waals surface area contributed by atoms with Crippen LogP contribution in [-0.2, 0) is 7.05 Å². The Hall–Kier alpha value is -1.85. The number of carboxylic acids is 1. The van der Waals surface area contributed by atoms with Crippen LogP contribution in [0.4, 0.5) is 0 Å². The normalized spacial score (nSPS) is 19.5. The average molecular weight is 265 g/mol. The van der Waals surface area contributed by atoms with E-state index in [4.69, 9.17) is 5.11 Å². The van der Waals surface area contributed by atoms with E-state index in [2.05, 4.69) is 5.10 Å². The van der Waals surface area contributed by atoms with E-state index in [1.54, 1.807) is 11.9 Å². The lowest BCUT2D eigenvalue weighted by Gasteiger charge is -2.34. The molecule has 1 fully saturated rings. The molecular formula is C13H19N3O3. The summed E-state index contributed by atoms with van der Waals surface area (Å²) in [6.07, 6.45) is 5.34. The number of aromatic carboxylic acids is 1. The number of piperidine rings is 1. The van der Waals surface area contributed by atoms with Gasteiger partial charge in [0, 0.05) is 25.8 Å². The zero-order valence-electron chi connectivity index (χ0n) is 11.3. The van der Waals surface area contributed by atoms with Gasteiger partial charge < -0.3 is 10.0 Å². The van der Waals surface area contributed by atoms with Crippen molar-refractivity contribution >= 4 is 11.9 Å². The summed E-state index contributed by atoms with van der Waals surface area (Å²) in [5.41, 5.74) is 0.0308. The second kappa shape index (κ2) is 5.42. The second-order valence-corrected chi connectivity index (χ2v) is 4.93. The first kappa shape index (κ1) is 13.6. The van der Waals surface area contributed by atoms with E-state index >= 15 is 0 Å². The maximum absolute atomic E-state index is 12.5.